The van der Waals surface area contributed by atoms with Crippen molar-refractivity contribution in [2.24, 2.45) is 5.92 Å². The zero-order valence-electron chi connectivity index (χ0n) is 18.6. The van der Waals surface area contributed by atoms with Crippen LogP contribution in [0.15, 0.2) is 24.3 Å². The maximum Gasteiger partial charge on any atom is 0.223 e. The summed E-state index contributed by atoms with van der Waals surface area (Å²) >= 11 is 0. The molecule has 0 saturated carbocycles. The highest BCUT2D eigenvalue weighted by Crippen LogP contribution is 2.21. The van der Waals surface area contributed by atoms with Crippen LogP contribution in [-0.4, -0.2) is 51.9 Å². The Morgan fingerprint density at radius 3 is 2.29 bits per heavy atom. The summed E-state index contributed by atoms with van der Waals surface area (Å²) in [5, 5.41) is 2.90. The van der Waals surface area contributed by atoms with Gasteiger partial charge < -0.3 is 5.32 Å². The molecular weight excluding hydrogens is 438 g/mol. The molecule has 0 atom stereocenters. The lowest BCUT2D eigenvalue weighted by Crippen LogP contribution is -2.43. The van der Waals surface area contributed by atoms with Crippen LogP contribution in [0.3, 0.4) is 0 Å². The van der Waals surface area contributed by atoms with Crippen molar-refractivity contribution in [3.63, 3.8) is 0 Å². The maximum atomic E-state index is 12.6. The Kier molecular flexibility index (Phi) is 9.47. The standard InChI is InChI=1S/C21H35N3O5S2/c1-4-5-14-31(28,29)24-12-10-18(11-13-24)21(25)22-15-19-8-6-7-9-20(19)16-30(26,27)23-17(2)3/h6-9,17-18,23H,4-5,10-16H2,1-3H3,(H,22,25). The SMILES string of the molecule is CCCCS(=O)(=O)N1CCC(C(=O)NCc2ccccc2CS(=O)(=O)NC(C)C)CC1. The molecule has 1 heterocycles. The van der Waals surface area contributed by atoms with E-state index in [-0.39, 0.29) is 35.9 Å². The Morgan fingerprint density at radius 1 is 1.10 bits per heavy atom. The van der Waals surface area contributed by atoms with Gasteiger partial charge in [-0.2, -0.15) is 0 Å². The molecular formula is C21H35N3O5S2. The zero-order valence-corrected chi connectivity index (χ0v) is 20.3. The van der Waals surface area contributed by atoms with Gasteiger partial charge in [0.1, 0.15) is 0 Å². The van der Waals surface area contributed by atoms with Gasteiger partial charge in [0.2, 0.25) is 26.0 Å². The maximum absolute atomic E-state index is 12.6. The topological polar surface area (TPSA) is 113 Å². The van der Waals surface area contributed by atoms with Gasteiger partial charge >= 0.3 is 0 Å². The van der Waals surface area contributed by atoms with Gasteiger partial charge in [0.05, 0.1) is 11.5 Å². The van der Waals surface area contributed by atoms with Crippen LogP contribution < -0.4 is 10.0 Å². The van der Waals surface area contributed by atoms with Gasteiger partial charge in [0.25, 0.3) is 0 Å². The largest absolute Gasteiger partial charge is 0.352 e. The highest BCUT2D eigenvalue weighted by atomic mass is 32.2. The number of unbranched alkanes of at least 4 members (excludes halogenated alkanes) is 1. The minimum Gasteiger partial charge on any atom is -0.352 e. The number of carbonyl (C=O) groups is 1. The van der Waals surface area contributed by atoms with Crippen molar-refractivity contribution in [1.29, 1.82) is 0 Å². The molecule has 0 radical (unpaired) electrons. The molecule has 2 N–H and O–H groups in total. The Labute approximate surface area is 186 Å². The molecule has 0 aliphatic carbocycles. The monoisotopic (exact) mass is 473 g/mol. The van der Waals surface area contributed by atoms with Crippen LogP contribution >= 0.6 is 0 Å². The van der Waals surface area contributed by atoms with E-state index in [2.05, 4.69) is 10.0 Å². The number of hydrogen-bond acceptors (Lipinski definition) is 5. The summed E-state index contributed by atoms with van der Waals surface area (Å²) < 4.78 is 53.3. The lowest BCUT2D eigenvalue weighted by atomic mass is 9.97. The van der Waals surface area contributed by atoms with Crippen LogP contribution in [0.1, 0.15) is 57.6 Å². The van der Waals surface area contributed by atoms with E-state index in [9.17, 15) is 21.6 Å². The Morgan fingerprint density at radius 2 is 1.71 bits per heavy atom. The van der Waals surface area contributed by atoms with E-state index < -0.39 is 20.0 Å². The summed E-state index contributed by atoms with van der Waals surface area (Å²) in [6.07, 6.45) is 2.45. The number of carbonyl (C=O) groups excluding carboxylic acids is 1. The molecule has 1 aromatic carbocycles. The van der Waals surface area contributed by atoms with E-state index in [1.807, 2.05) is 19.1 Å². The van der Waals surface area contributed by atoms with E-state index >= 15 is 0 Å². The molecule has 31 heavy (non-hydrogen) atoms. The summed E-state index contributed by atoms with van der Waals surface area (Å²) in [4.78, 5) is 12.6. The molecule has 176 valence electrons. The van der Waals surface area contributed by atoms with E-state index in [1.54, 1.807) is 26.0 Å². The summed E-state index contributed by atoms with van der Waals surface area (Å²) in [6.45, 7) is 6.45. The second kappa shape index (κ2) is 11.4. The van der Waals surface area contributed by atoms with Gasteiger partial charge in [-0.15, -0.1) is 0 Å². The molecule has 1 saturated heterocycles. The number of rotatable bonds is 11. The summed E-state index contributed by atoms with van der Waals surface area (Å²) in [5.41, 5.74) is 1.40. The molecule has 0 aromatic heterocycles. The predicted octanol–water partition coefficient (Wildman–Crippen LogP) is 1.97. The molecule has 1 amide bonds. The van der Waals surface area contributed by atoms with Crippen molar-refractivity contribution in [2.75, 3.05) is 18.8 Å². The van der Waals surface area contributed by atoms with E-state index in [0.717, 1.165) is 12.0 Å². The van der Waals surface area contributed by atoms with Crippen molar-refractivity contribution >= 4 is 26.0 Å². The number of amides is 1. The quantitative estimate of drug-likeness (QED) is 0.510. The van der Waals surface area contributed by atoms with Gasteiger partial charge in [-0.3, -0.25) is 4.79 Å². The number of sulfonamides is 2. The highest BCUT2D eigenvalue weighted by Gasteiger charge is 2.30. The molecule has 1 aliphatic heterocycles. The average molecular weight is 474 g/mol. The lowest BCUT2D eigenvalue weighted by molar-refractivity contribution is -0.126. The van der Waals surface area contributed by atoms with Crippen molar-refractivity contribution in [3.8, 4) is 0 Å². The first-order valence-electron chi connectivity index (χ1n) is 10.9. The van der Waals surface area contributed by atoms with Crippen LogP contribution in [-0.2, 0) is 37.1 Å². The fraction of sp³-hybridized carbons (Fsp3) is 0.667. The first-order valence-corrected chi connectivity index (χ1v) is 14.1. The molecule has 0 bridgehead atoms. The first-order chi connectivity index (χ1) is 14.5. The molecule has 2 rings (SSSR count). The number of piperidine rings is 1. The third-order valence-electron chi connectivity index (χ3n) is 5.31. The summed E-state index contributed by atoms with van der Waals surface area (Å²) in [5.74, 6) is -0.351. The molecule has 10 heteroatoms. The second-order valence-corrected chi connectivity index (χ2v) is 12.2. The fourth-order valence-electron chi connectivity index (χ4n) is 3.65. The fourth-order valence-corrected chi connectivity index (χ4v) is 6.83. The number of nitrogens with one attached hydrogen (secondary N) is 2. The van der Waals surface area contributed by atoms with Crippen LogP contribution in [0, 0.1) is 5.92 Å². The van der Waals surface area contributed by atoms with E-state index in [4.69, 9.17) is 0 Å². The van der Waals surface area contributed by atoms with Crippen LogP contribution in [0.25, 0.3) is 0 Å². The molecule has 0 unspecified atom stereocenters. The van der Waals surface area contributed by atoms with Crippen molar-refractivity contribution in [2.45, 2.75) is 64.8 Å². The van der Waals surface area contributed by atoms with Crippen LogP contribution in [0.4, 0.5) is 0 Å². The molecule has 1 fully saturated rings. The molecule has 1 aliphatic rings. The molecule has 0 spiro atoms. The highest BCUT2D eigenvalue weighted by molar-refractivity contribution is 7.89. The minimum absolute atomic E-state index is 0.122. The van der Waals surface area contributed by atoms with Crippen molar-refractivity contribution < 1.29 is 21.6 Å². The third-order valence-corrected chi connectivity index (χ3v) is 8.78. The second-order valence-electron chi connectivity index (χ2n) is 8.36. The number of benzene rings is 1. The zero-order chi connectivity index (χ0) is 23.1. The average Bonchev–Trinajstić information content (AvgIpc) is 2.70. The molecule has 8 nitrogen and oxygen atoms in total. The minimum atomic E-state index is -3.47. The van der Waals surface area contributed by atoms with Gasteiger partial charge in [-0.05, 0) is 44.2 Å². The Hall–Kier alpha value is -1.49. The van der Waals surface area contributed by atoms with Crippen molar-refractivity contribution in [3.05, 3.63) is 35.4 Å². The Bertz CT molecular complexity index is 938. The Balaban J connectivity index is 1.91. The van der Waals surface area contributed by atoms with Gasteiger partial charge in [-0.1, -0.05) is 37.6 Å². The molecule has 1 aromatic rings. The number of hydrogen-bond donors (Lipinski definition) is 2. The van der Waals surface area contributed by atoms with Gasteiger partial charge in [-0.25, -0.2) is 25.9 Å². The van der Waals surface area contributed by atoms with Crippen molar-refractivity contribution in [1.82, 2.24) is 14.3 Å². The smallest absolute Gasteiger partial charge is 0.223 e. The van der Waals surface area contributed by atoms with Crippen LogP contribution in [0.2, 0.25) is 0 Å². The van der Waals surface area contributed by atoms with E-state index in [0.29, 0.717) is 37.9 Å². The lowest BCUT2D eigenvalue weighted by Gasteiger charge is -2.30. The summed E-state index contributed by atoms with van der Waals surface area (Å²) in [7, 11) is -6.71. The number of nitrogens with zero attached hydrogens (tertiary/aromatic N) is 1. The van der Waals surface area contributed by atoms with E-state index in [1.165, 1.54) is 4.31 Å². The van der Waals surface area contributed by atoms with Gasteiger partial charge in [0, 0.05) is 31.6 Å². The normalized spacial score (nSPS) is 16.5. The summed E-state index contributed by atoms with van der Waals surface area (Å²) in [6, 6.07) is 6.96. The van der Waals surface area contributed by atoms with Crippen LogP contribution in [0.5, 0.6) is 0 Å². The van der Waals surface area contributed by atoms with Gasteiger partial charge in [0.15, 0.2) is 0 Å². The third kappa shape index (κ3) is 8.17. The first kappa shape index (κ1) is 25.8. The predicted molar refractivity (Wildman–Crippen MR) is 122 cm³/mol.